The van der Waals surface area contributed by atoms with Crippen molar-refractivity contribution in [3.8, 4) is 0 Å². The second-order valence-corrected chi connectivity index (χ2v) is 7.90. The third kappa shape index (κ3) is 3.84. The highest BCUT2D eigenvalue weighted by Crippen LogP contribution is 2.26. The lowest BCUT2D eigenvalue weighted by molar-refractivity contribution is -0.139. The number of pyridine rings is 1. The first-order valence-corrected chi connectivity index (χ1v) is 10.4. The van der Waals surface area contributed by atoms with Crippen LogP contribution in [-0.2, 0) is 16.1 Å². The average molecular weight is 473 g/mol. The van der Waals surface area contributed by atoms with Crippen LogP contribution in [0.25, 0.3) is 11.0 Å². The average Bonchev–Trinajstić information content (AvgIpc) is 3.31. The van der Waals surface area contributed by atoms with Gasteiger partial charge in [0.1, 0.15) is 35.2 Å². The molecule has 1 aliphatic rings. The quantitative estimate of drug-likeness (QED) is 0.545. The second kappa shape index (κ2) is 8.34. The van der Waals surface area contributed by atoms with Crippen molar-refractivity contribution in [2.75, 3.05) is 17.7 Å². The molecular weight excluding hydrogens is 452 g/mol. The van der Waals surface area contributed by atoms with Crippen LogP contribution < -0.4 is 10.6 Å². The summed E-state index contributed by atoms with van der Waals surface area (Å²) >= 11 is 3.29. The number of aromatic nitrogens is 5. The normalized spacial score (nSPS) is 18.6. The molecule has 4 rings (SSSR count). The predicted molar refractivity (Wildman–Crippen MR) is 115 cm³/mol. The first-order chi connectivity index (χ1) is 14.5. The molecule has 0 unspecified atom stereocenters. The van der Waals surface area contributed by atoms with Crippen molar-refractivity contribution < 1.29 is 9.59 Å². The summed E-state index contributed by atoms with van der Waals surface area (Å²) in [6, 6.07) is 4.67. The maximum Gasteiger partial charge on any atom is 0.248 e. The summed E-state index contributed by atoms with van der Waals surface area (Å²) in [5.41, 5.74) is 0.564. The van der Waals surface area contributed by atoms with Gasteiger partial charge in [0.2, 0.25) is 11.8 Å². The fourth-order valence-electron chi connectivity index (χ4n) is 3.77. The minimum Gasteiger partial charge on any atom is -0.372 e. The van der Waals surface area contributed by atoms with E-state index in [9.17, 15) is 9.59 Å². The van der Waals surface area contributed by atoms with Crippen molar-refractivity contribution in [3.63, 3.8) is 0 Å². The summed E-state index contributed by atoms with van der Waals surface area (Å²) < 4.78 is 2.16. The van der Waals surface area contributed by atoms with Crippen LogP contribution in [0.2, 0.25) is 0 Å². The molecule has 2 amide bonds. The number of carbonyl (C=O) groups excluding carboxylic acids is 2. The minimum absolute atomic E-state index is 0.00702. The maximum absolute atomic E-state index is 13.1. The van der Waals surface area contributed by atoms with Gasteiger partial charge < -0.3 is 15.5 Å². The highest BCUT2D eigenvalue weighted by molar-refractivity contribution is 9.10. The first-order valence-electron chi connectivity index (χ1n) is 9.56. The van der Waals surface area contributed by atoms with Gasteiger partial charge in [-0.05, 0) is 47.8 Å². The maximum atomic E-state index is 13.1. The molecule has 2 N–H and O–H groups in total. The Hall–Kier alpha value is -3.08. The highest BCUT2D eigenvalue weighted by atomic mass is 79.9. The van der Waals surface area contributed by atoms with Crippen molar-refractivity contribution in [2.45, 2.75) is 38.4 Å². The smallest absolute Gasteiger partial charge is 0.248 e. The molecule has 1 saturated heterocycles. The number of hydrogen-bond donors (Lipinski definition) is 2. The highest BCUT2D eigenvalue weighted by Gasteiger charge is 2.39. The Kier molecular flexibility index (Phi) is 5.62. The Morgan fingerprint density at radius 3 is 2.87 bits per heavy atom. The number of nitrogens with one attached hydrogen (secondary N) is 2. The van der Waals surface area contributed by atoms with Gasteiger partial charge in [0.15, 0.2) is 5.65 Å². The second-order valence-electron chi connectivity index (χ2n) is 7.09. The molecule has 0 bridgehead atoms. The van der Waals surface area contributed by atoms with Gasteiger partial charge >= 0.3 is 0 Å². The topological polar surface area (TPSA) is 118 Å². The van der Waals surface area contributed by atoms with E-state index in [1.165, 1.54) is 11.0 Å². The minimum atomic E-state index is -0.558. The van der Waals surface area contributed by atoms with E-state index >= 15 is 0 Å². The molecule has 0 spiro atoms. The van der Waals surface area contributed by atoms with Gasteiger partial charge in [-0.1, -0.05) is 6.07 Å². The molecule has 4 heterocycles. The number of amides is 2. The van der Waals surface area contributed by atoms with Gasteiger partial charge in [0, 0.05) is 13.1 Å². The third-order valence-corrected chi connectivity index (χ3v) is 5.62. The first kappa shape index (κ1) is 20.2. The van der Waals surface area contributed by atoms with Gasteiger partial charge in [-0.2, -0.15) is 5.10 Å². The predicted octanol–water partition coefficient (Wildman–Crippen LogP) is 2.04. The van der Waals surface area contributed by atoms with Crippen LogP contribution in [0, 0.1) is 0 Å². The zero-order chi connectivity index (χ0) is 21.3. The van der Waals surface area contributed by atoms with E-state index in [4.69, 9.17) is 0 Å². The Morgan fingerprint density at radius 2 is 2.10 bits per heavy atom. The Balaban J connectivity index is 1.53. The molecule has 156 valence electrons. The summed E-state index contributed by atoms with van der Waals surface area (Å²) in [5, 5.41) is 10.8. The molecule has 0 saturated carbocycles. The molecule has 1 fully saturated rings. The largest absolute Gasteiger partial charge is 0.372 e. The van der Waals surface area contributed by atoms with Crippen molar-refractivity contribution in [1.82, 2.24) is 29.6 Å². The summed E-state index contributed by atoms with van der Waals surface area (Å²) in [7, 11) is 1.76. The lowest BCUT2D eigenvalue weighted by atomic mass is 10.2. The van der Waals surface area contributed by atoms with Crippen LogP contribution in [0.4, 0.5) is 11.6 Å². The zero-order valence-electron chi connectivity index (χ0n) is 16.5. The number of carbonyl (C=O) groups is 2. The van der Waals surface area contributed by atoms with E-state index in [1.54, 1.807) is 36.3 Å². The van der Waals surface area contributed by atoms with Crippen molar-refractivity contribution in [1.29, 1.82) is 0 Å². The van der Waals surface area contributed by atoms with Crippen molar-refractivity contribution in [2.24, 2.45) is 0 Å². The fourth-order valence-corrected chi connectivity index (χ4v) is 4.11. The molecule has 3 aromatic heterocycles. The number of fused-ring (bicyclic) bond motifs is 1. The van der Waals surface area contributed by atoms with Crippen LogP contribution in [0.15, 0.2) is 35.3 Å². The SMILES string of the molecule is CNc1ncnc2c1cnn2CC(=O)N1[C@H](C)CC[C@H]1C(=O)Nc1cccc(Br)n1. The van der Waals surface area contributed by atoms with Gasteiger partial charge in [-0.25, -0.2) is 19.6 Å². The molecule has 2 atom stereocenters. The molecule has 30 heavy (non-hydrogen) atoms. The van der Waals surface area contributed by atoms with Gasteiger partial charge in [0.05, 0.1) is 11.6 Å². The molecule has 10 nitrogen and oxygen atoms in total. The van der Waals surface area contributed by atoms with Gasteiger partial charge in [-0.3, -0.25) is 9.59 Å². The summed E-state index contributed by atoms with van der Waals surface area (Å²) in [5.74, 6) is 0.656. The van der Waals surface area contributed by atoms with Crippen LogP contribution in [0.1, 0.15) is 19.8 Å². The van der Waals surface area contributed by atoms with E-state index in [1.807, 2.05) is 6.92 Å². The summed E-state index contributed by atoms with van der Waals surface area (Å²) in [6.07, 6.45) is 4.40. The fraction of sp³-hybridized carbons (Fsp3) is 0.368. The molecule has 1 aliphatic heterocycles. The van der Waals surface area contributed by atoms with E-state index in [0.717, 1.165) is 11.8 Å². The zero-order valence-corrected chi connectivity index (χ0v) is 18.1. The number of hydrogen-bond acceptors (Lipinski definition) is 7. The summed E-state index contributed by atoms with van der Waals surface area (Å²) in [4.78, 5) is 40.3. The standard InChI is InChI=1S/C19H21BrN8O2/c1-11-6-7-13(19(30)26-15-5-3-4-14(20)25-15)28(11)16(29)9-27-18-12(8-24-27)17(21-2)22-10-23-18/h3-5,8,10-11,13H,6-7,9H2,1-2H3,(H,21,22,23)(H,25,26,30)/t11-,13+/m1/s1. The van der Waals surface area contributed by atoms with E-state index in [2.05, 4.69) is 46.6 Å². The molecular formula is C19H21BrN8O2. The molecule has 11 heteroatoms. The van der Waals surface area contributed by atoms with E-state index < -0.39 is 6.04 Å². The number of likely N-dealkylation sites (tertiary alicyclic amines) is 1. The van der Waals surface area contributed by atoms with Crippen LogP contribution in [0.3, 0.4) is 0 Å². The molecule has 0 radical (unpaired) electrons. The van der Waals surface area contributed by atoms with Crippen molar-refractivity contribution in [3.05, 3.63) is 35.3 Å². The van der Waals surface area contributed by atoms with Crippen LogP contribution in [0.5, 0.6) is 0 Å². The Morgan fingerprint density at radius 1 is 1.27 bits per heavy atom. The van der Waals surface area contributed by atoms with Crippen LogP contribution in [-0.4, -0.2) is 60.6 Å². The molecule has 0 aliphatic carbocycles. The van der Waals surface area contributed by atoms with Gasteiger partial charge in [0.25, 0.3) is 0 Å². The Labute approximate surface area is 181 Å². The summed E-state index contributed by atoms with van der Waals surface area (Å²) in [6.45, 7) is 1.94. The molecule has 3 aromatic rings. The van der Waals surface area contributed by atoms with Crippen molar-refractivity contribution >= 4 is 50.4 Å². The number of halogens is 1. The lowest BCUT2D eigenvalue weighted by Gasteiger charge is -2.27. The number of anilines is 2. The Bertz CT molecular complexity index is 1100. The van der Waals surface area contributed by atoms with E-state index in [-0.39, 0.29) is 24.4 Å². The monoisotopic (exact) mass is 472 g/mol. The number of nitrogens with zero attached hydrogens (tertiary/aromatic N) is 6. The van der Waals surface area contributed by atoms with Crippen LogP contribution >= 0.6 is 15.9 Å². The molecule has 0 aromatic carbocycles. The lowest BCUT2D eigenvalue weighted by Crippen LogP contribution is -2.47. The number of rotatable bonds is 5. The van der Waals surface area contributed by atoms with E-state index in [0.29, 0.717) is 28.3 Å². The third-order valence-electron chi connectivity index (χ3n) is 5.18. The van der Waals surface area contributed by atoms with Gasteiger partial charge in [-0.15, -0.1) is 0 Å².